The van der Waals surface area contributed by atoms with Gasteiger partial charge >= 0.3 is 0 Å². The molecular weight excluding hydrogens is 202 g/mol. The Hall–Kier alpha value is -1.55. The largest absolute Gasteiger partial charge is 0.409 e. The van der Waals surface area contributed by atoms with Gasteiger partial charge in [-0.2, -0.15) is 0 Å². The summed E-state index contributed by atoms with van der Waals surface area (Å²) in [7, 11) is 0. The highest BCUT2D eigenvalue weighted by Gasteiger charge is 1.99. The lowest BCUT2D eigenvalue weighted by Crippen LogP contribution is -2.28. The first kappa shape index (κ1) is 12.5. The van der Waals surface area contributed by atoms with Crippen LogP contribution in [0.2, 0.25) is 0 Å². The number of rotatable bonds is 5. The molecule has 0 aromatic heterocycles. The van der Waals surface area contributed by atoms with Crippen LogP contribution in [0, 0.1) is 0 Å². The summed E-state index contributed by atoms with van der Waals surface area (Å²) in [6.07, 6.45) is 0. The SMILES string of the molecule is CC(C)c1ccc(CNCC(N)=NO)cc1. The van der Waals surface area contributed by atoms with E-state index in [1.807, 2.05) is 0 Å². The molecule has 16 heavy (non-hydrogen) atoms. The molecule has 0 unspecified atom stereocenters. The third kappa shape index (κ3) is 3.90. The van der Waals surface area contributed by atoms with E-state index in [1.54, 1.807) is 0 Å². The molecule has 0 bridgehead atoms. The highest BCUT2D eigenvalue weighted by Crippen LogP contribution is 2.14. The Morgan fingerprint density at radius 2 is 2.00 bits per heavy atom. The molecule has 0 saturated carbocycles. The van der Waals surface area contributed by atoms with Gasteiger partial charge < -0.3 is 16.3 Å². The summed E-state index contributed by atoms with van der Waals surface area (Å²) < 4.78 is 0. The Balaban J connectivity index is 2.43. The topological polar surface area (TPSA) is 70.6 Å². The molecule has 4 N–H and O–H groups in total. The standard InChI is InChI=1S/C12H19N3O/c1-9(2)11-5-3-10(4-6-11)7-14-8-12(13)15-16/h3-6,9,14,16H,7-8H2,1-2H3,(H2,13,15). The van der Waals surface area contributed by atoms with Crippen molar-refractivity contribution in [1.29, 1.82) is 0 Å². The van der Waals surface area contributed by atoms with Crippen LogP contribution in [0.4, 0.5) is 0 Å². The number of nitrogens with one attached hydrogen (secondary N) is 1. The molecule has 0 aliphatic heterocycles. The number of hydrogen-bond acceptors (Lipinski definition) is 3. The molecular formula is C12H19N3O. The summed E-state index contributed by atoms with van der Waals surface area (Å²) >= 11 is 0. The van der Waals surface area contributed by atoms with Gasteiger partial charge in [0.05, 0.1) is 6.54 Å². The van der Waals surface area contributed by atoms with Crippen molar-refractivity contribution >= 4 is 5.84 Å². The van der Waals surface area contributed by atoms with Crippen molar-refractivity contribution in [3.63, 3.8) is 0 Å². The quantitative estimate of drug-likeness (QED) is 0.306. The van der Waals surface area contributed by atoms with E-state index >= 15 is 0 Å². The predicted molar refractivity (Wildman–Crippen MR) is 65.6 cm³/mol. The van der Waals surface area contributed by atoms with E-state index in [2.05, 4.69) is 48.6 Å². The average molecular weight is 221 g/mol. The van der Waals surface area contributed by atoms with Gasteiger partial charge in [0, 0.05) is 6.54 Å². The van der Waals surface area contributed by atoms with E-state index in [0.717, 1.165) is 0 Å². The van der Waals surface area contributed by atoms with Crippen molar-refractivity contribution < 1.29 is 5.21 Å². The maximum absolute atomic E-state index is 8.35. The van der Waals surface area contributed by atoms with Gasteiger partial charge in [-0.05, 0) is 17.0 Å². The summed E-state index contributed by atoms with van der Waals surface area (Å²) in [4.78, 5) is 0. The van der Waals surface area contributed by atoms with E-state index in [9.17, 15) is 0 Å². The van der Waals surface area contributed by atoms with E-state index in [0.29, 0.717) is 19.0 Å². The van der Waals surface area contributed by atoms with Crippen molar-refractivity contribution in [3.05, 3.63) is 35.4 Å². The summed E-state index contributed by atoms with van der Waals surface area (Å²) in [6, 6.07) is 8.44. The third-order valence-electron chi connectivity index (χ3n) is 2.41. The third-order valence-corrected chi connectivity index (χ3v) is 2.41. The first-order valence-electron chi connectivity index (χ1n) is 5.39. The highest BCUT2D eigenvalue weighted by molar-refractivity contribution is 5.81. The predicted octanol–water partition coefficient (Wildman–Crippen LogP) is 1.65. The average Bonchev–Trinajstić information content (AvgIpc) is 2.29. The lowest BCUT2D eigenvalue weighted by molar-refractivity contribution is 0.317. The Morgan fingerprint density at radius 1 is 1.38 bits per heavy atom. The van der Waals surface area contributed by atoms with Gasteiger partial charge in [0.2, 0.25) is 0 Å². The van der Waals surface area contributed by atoms with Crippen LogP contribution in [0.1, 0.15) is 30.9 Å². The smallest absolute Gasteiger partial charge is 0.153 e. The van der Waals surface area contributed by atoms with Crippen molar-refractivity contribution in [1.82, 2.24) is 5.32 Å². The molecule has 0 atom stereocenters. The molecule has 1 aromatic rings. The molecule has 1 rings (SSSR count). The normalized spacial score (nSPS) is 12.1. The molecule has 0 heterocycles. The van der Waals surface area contributed by atoms with Crippen LogP contribution in [0.15, 0.2) is 29.4 Å². The molecule has 0 aliphatic rings. The van der Waals surface area contributed by atoms with Gasteiger partial charge in [-0.3, -0.25) is 0 Å². The molecule has 88 valence electrons. The summed E-state index contributed by atoms with van der Waals surface area (Å²) in [5, 5.41) is 14.3. The number of hydrogen-bond donors (Lipinski definition) is 3. The second-order valence-electron chi connectivity index (χ2n) is 4.09. The van der Waals surface area contributed by atoms with Gasteiger partial charge in [0.15, 0.2) is 5.84 Å². The number of nitrogens with two attached hydrogens (primary N) is 1. The minimum Gasteiger partial charge on any atom is -0.409 e. The molecule has 0 radical (unpaired) electrons. The Kier molecular flexibility index (Phi) is 4.79. The Bertz CT molecular complexity index is 344. The van der Waals surface area contributed by atoms with Crippen LogP contribution < -0.4 is 11.1 Å². The fourth-order valence-corrected chi connectivity index (χ4v) is 1.39. The van der Waals surface area contributed by atoms with Crippen LogP contribution in [0.25, 0.3) is 0 Å². The summed E-state index contributed by atoms with van der Waals surface area (Å²) in [5.41, 5.74) is 7.86. The lowest BCUT2D eigenvalue weighted by Gasteiger charge is -2.07. The monoisotopic (exact) mass is 221 g/mol. The van der Waals surface area contributed by atoms with Gasteiger partial charge in [-0.25, -0.2) is 0 Å². The lowest BCUT2D eigenvalue weighted by atomic mass is 10.0. The second kappa shape index (κ2) is 6.12. The Labute approximate surface area is 96.2 Å². The summed E-state index contributed by atoms with van der Waals surface area (Å²) in [6.45, 7) is 5.45. The maximum Gasteiger partial charge on any atom is 0.153 e. The van der Waals surface area contributed by atoms with Gasteiger partial charge in [0.25, 0.3) is 0 Å². The van der Waals surface area contributed by atoms with E-state index in [-0.39, 0.29) is 5.84 Å². The number of oxime groups is 1. The number of nitrogens with zero attached hydrogens (tertiary/aromatic N) is 1. The van der Waals surface area contributed by atoms with Crippen molar-refractivity contribution in [2.75, 3.05) is 6.54 Å². The zero-order valence-corrected chi connectivity index (χ0v) is 9.77. The maximum atomic E-state index is 8.35. The van der Waals surface area contributed by atoms with Crippen LogP contribution >= 0.6 is 0 Å². The summed E-state index contributed by atoms with van der Waals surface area (Å²) in [5.74, 6) is 0.748. The molecule has 4 heteroatoms. The number of amidine groups is 1. The molecule has 0 saturated heterocycles. The number of benzene rings is 1. The molecule has 0 spiro atoms. The molecule has 0 fully saturated rings. The fraction of sp³-hybridized carbons (Fsp3) is 0.417. The minimum absolute atomic E-state index is 0.193. The first-order valence-corrected chi connectivity index (χ1v) is 5.39. The van der Waals surface area contributed by atoms with Crippen molar-refractivity contribution in [2.24, 2.45) is 10.9 Å². The van der Waals surface area contributed by atoms with Crippen LogP contribution in [-0.2, 0) is 6.54 Å². The van der Waals surface area contributed by atoms with Gasteiger partial charge in [0.1, 0.15) is 0 Å². The zero-order valence-electron chi connectivity index (χ0n) is 9.77. The Morgan fingerprint density at radius 3 is 2.50 bits per heavy atom. The van der Waals surface area contributed by atoms with Crippen molar-refractivity contribution in [3.8, 4) is 0 Å². The van der Waals surface area contributed by atoms with Crippen LogP contribution in [-0.4, -0.2) is 17.6 Å². The second-order valence-corrected chi connectivity index (χ2v) is 4.09. The first-order chi connectivity index (χ1) is 7.63. The van der Waals surface area contributed by atoms with Crippen LogP contribution in [0.5, 0.6) is 0 Å². The molecule has 1 aromatic carbocycles. The van der Waals surface area contributed by atoms with Crippen molar-refractivity contribution in [2.45, 2.75) is 26.3 Å². The highest BCUT2D eigenvalue weighted by atomic mass is 16.4. The molecule has 0 aliphatic carbocycles. The molecule has 4 nitrogen and oxygen atoms in total. The van der Waals surface area contributed by atoms with E-state index in [1.165, 1.54) is 11.1 Å². The zero-order chi connectivity index (χ0) is 12.0. The van der Waals surface area contributed by atoms with Gasteiger partial charge in [-0.15, -0.1) is 0 Å². The van der Waals surface area contributed by atoms with Crippen LogP contribution in [0.3, 0.4) is 0 Å². The van der Waals surface area contributed by atoms with E-state index in [4.69, 9.17) is 10.9 Å². The molecule has 0 amide bonds. The minimum atomic E-state index is 0.193. The van der Waals surface area contributed by atoms with Gasteiger partial charge in [-0.1, -0.05) is 43.3 Å². The fourth-order valence-electron chi connectivity index (χ4n) is 1.39. The van der Waals surface area contributed by atoms with E-state index < -0.39 is 0 Å².